The first-order chi connectivity index (χ1) is 19.2. The van der Waals surface area contributed by atoms with E-state index in [9.17, 15) is 9.59 Å². The molecule has 2 aliphatic rings. The number of para-hydroxylation sites is 1. The number of hydrazone groups is 1. The van der Waals surface area contributed by atoms with Gasteiger partial charge in [-0.25, -0.2) is 9.80 Å². The molecule has 2 atom stereocenters. The first-order valence-corrected chi connectivity index (χ1v) is 12.8. The van der Waals surface area contributed by atoms with Crippen LogP contribution >= 0.6 is 0 Å². The van der Waals surface area contributed by atoms with Crippen LogP contribution in [0.1, 0.15) is 47.2 Å². The Balaban J connectivity index is 1.19. The molecule has 2 aromatic heterocycles. The molecule has 39 heavy (non-hydrogen) atoms. The molecule has 6 rings (SSSR count). The van der Waals surface area contributed by atoms with Crippen LogP contribution in [-0.2, 0) is 9.53 Å². The average Bonchev–Trinajstić information content (AvgIpc) is 3.74. The second-order valence-electron chi connectivity index (χ2n) is 9.39. The number of allylic oxidation sites excluding steroid dienone is 1. The van der Waals surface area contributed by atoms with Crippen LogP contribution in [0, 0.1) is 5.92 Å². The minimum absolute atomic E-state index is 0.0300. The molecular weight excluding hydrogens is 496 g/mol. The van der Waals surface area contributed by atoms with Crippen molar-refractivity contribution in [2.45, 2.75) is 25.3 Å². The van der Waals surface area contributed by atoms with Crippen LogP contribution in [0.5, 0.6) is 11.5 Å². The van der Waals surface area contributed by atoms with Gasteiger partial charge in [0, 0.05) is 5.92 Å². The fraction of sp³-hybridized carbons (Fsp3) is 0.194. The van der Waals surface area contributed by atoms with Gasteiger partial charge in [0.15, 0.2) is 6.61 Å². The highest BCUT2D eigenvalue weighted by Gasteiger charge is 2.45. The maximum absolute atomic E-state index is 13.4. The third kappa shape index (κ3) is 5.27. The SMILES string of the molecule is O=C(OCC(=O)N1N=C2C(=Cc3ccco3)CCCC2C1c1ccco1)c1cccc(Oc2ccccc2)c1. The maximum Gasteiger partial charge on any atom is 0.338 e. The molecule has 1 aliphatic carbocycles. The summed E-state index contributed by atoms with van der Waals surface area (Å²) in [6.45, 7) is -0.458. The third-order valence-corrected chi connectivity index (χ3v) is 6.83. The van der Waals surface area contributed by atoms with E-state index in [1.54, 1.807) is 42.9 Å². The second-order valence-corrected chi connectivity index (χ2v) is 9.39. The lowest BCUT2D eigenvalue weighted by Crippen LogP contribution is -2.34. The van der Waals surface area contributed by atoms with Crippen LogP contribution in [0.15, 0.2) is 111 Å². The number of furan rings is 2. The molecule has 0 saturated heterocycles. The summed E-state index contributed by atoms with van der Waals surface area (Å²) in [4.78, 5) is 26.2. The lowest BCUT2D eigenvalue weighted by atomic mass is 9.79. The number of esters is 1. The Labute approximate surface area is 225 Å². The highest BCUT2D eigenvalue weighted by atomic mass is 16.5. The molecule has 4 aromatic rings. The normalized spacial score (nSPS) is 19.4. The molecule has 3 heterocycles. The predicted octanol–water partition coefficient (Wildman–Crippen LogP) is 6.64. The summed E-state index contributed by atoms with van der Waals surface area (Å²) in [5.74, 6) is 1.43. The number of hydrogen-bond acceptors (Lipinski definition) is 7. The Morgan fingerprint density at radius 3 is 2.56 bits per heavy atom. The van der Waals surface area contributed by atoms with Crippen molar-refractivity contribution < 1.29 is 27.9 Å². The number of ether oxygens (including phenoxy) is 2. The van der Waals surface area contributed by atoms with Crippen molar-refractivity contribution in [1.82, 2.24) is 5.01 Å². The summed E-state index contributed by atoms with van der Waals surface area (Å²) in [5, 5.41) is 6.15. The topological polar surface area (TPSA) is 94.5 Å². The van der Waals surface area contributed by atoms with Crippen LogP contribution in [0.2, 0.25) is 0 Å². The molecule has 1 aliphatic heterocycles. The van der Waals surface area contributed by atoms with Crippen LogP contribution in [0.25, 0.3) is 6.08 Å². The van der Waals surface area contributed by atoms with Gasteiger partial charge in [-0.05, 0) is 85.5 Å². The van der Waals surface area contributed by atoms with E-state index < -0.39 is 24.5 Å². The monoisotopic (exact) mass is 522 g/mol. The molecule has 0 radical (unpaired) electrons. The quantitative estimate of drug-likeness (QED) is 0.252. The Morgan fingerprint density at radius 2 is 1.77 bits per heavy atom. The minimum Gasteiger partial charge on any atom is -0.467 e. The lowest BCUT2D eigenvalue weighted by molar-refractivity contribution is -0.137. The first-order valence-electron chi connectivity index (χ1n) is 12.8. The zero-order chi connectivity index (χ0) is 26.6. The molecule has 2 aromatic carbocycles. The molecular formula is C31H26N2O6. The van der Waals surface area contributed by atoms with Gasteiger partial charge >= 0.3 is 5.97 Å². The van der Waals surface area contributed by atoms with Crippen molar-refractivity contribution in [3.05, 3.63) is 114 Å². The van der Waals surface area contributed by atoms with Crippen molar-refractivity contribution in [2.75, 3.05) is 6.61 Å². The fourth-order valence-electron chi connectivity index (χ4n) is 5.08. The van der Waals surface area contributed by atoms with E-state index in [0.717, 1.165) is 36.3 Å². The van der Waals surface area contributed by atoms with Gasteiger partial charge in [-0.15, -0.1) is 0 Å². The van der Waals surface area contributed by atoms with Crippen LogP contribution in [0.3, 0.4) is 0 Å². The standard InChI is InChI=1S/C31H26N2O6/c34-28(20-38-31(35)22-9-4-12-25(19-22)39-23-10-2-1-3-11-23)33-30(27-15-7-17-37-27)26-14-5-8-21(29(26)32-33)18-24-13-6-16-36-24/h1-4,6-7,9-13,15-19,26,30H,5,8,14,20H2. The van der Waals surface area contributed by atoms with Gasteiger partial charge in [0.05, 0.1) is 23.8 Å². The van der Waals surface area contributed by atoms with E-state index in [2.05, 4.69) is 0 Å². The Morgan fingerprint density at radius 1 is 0.949 bits per heavy atom. The number of carbonyl (C=O) groups excluding carboxylic acids is 2. The average molecular weight is 523 g/mol. The van der Waals surface area contributed by atoms with Gasteiger partial charge in [-0.2, -0.15) is 5.10 Å². The smallest absolute Gasteiger partial charge is 0.338 e. The number of carbonyl (C=O) groups is 2. The number of nitrogens with zero attached hydrogens (tertiary/aromatic N) is 2. The number of hydrogen-bond donors (Lipinski definition) is 0. The summed E-state index contributed by atoms with van der Waals surface area (Å²) in [6, 6.07) is 22.9. The number of fused-ring (bicyclic) bond motifs is 1. The predicted molar refractivity (Wildman–Crippen MR) is 143 cm³/mol. The van der Waals surface area contributed by atoms with Crippen molar-refractivity contribution in [2.24, 2.45) is 11.0 Å². The van der Waals surface area contributed by atoms with Crippen LogP contribution < -0.4 is 4.74 Å². The minimum atomic E-state index is -0.626. The molecule has 0 bridgehead atoms. The summed E-state index contributed by atoms with van der Waals surface area (Å²) in [7, 11) is 0. The Hall–Kier alpha value is -4.85. The Kier molecular flexibility index (Phi) is 6.82. The zero-order valence-corrected chi connectivity index (χ0v) is 21.1. The summed E-state index contributed by atoms with van der Waals surface area (Å²) < 4.78 is 22.5. The molecule has 1 saturated carbocycles. The highest BCUT2D eigenvalue weighted by Crippen LogP contribution is 2.44. The fourth-order valence-corrected chi connectivity index (χ4v) is 5.08. The summed E-state index contributed by atoms with van der Waals surface area (Å²) in [6.07, 6.45) is 7.83. The lowest BCUT2D eigenvalue weighted by Gasteiger charge is -2.27. The van der Waals surface area contributed by atoms with E-state index >= 15 is 0 Å². The zero-order valence-electron chi connectivity index (χ0n) is 21.1. The number of amides is 1. The molecule has 8 nitrogen and oxygen atoms in total. The van der Waals surface area contributed by atoms with Crippen molar-refractivity contribution in [1.29, 1.82) is 0 Å². The molecule has 196 valence electrons. The Bertz CT molecular complexity index is 1510. The first kappa shape index (κ1) is 24.5. The van der Waals surface area contributed by atoms with Gasteiger partial charge in [-0.1, -0.05) is 24.3 Å². The molecule has 1 amide bonds. The van der Waals surface area contributed by atoms with Gasteiger partial charge < -0.3 is 18.3 Å². The van der Waals surface area contributed by atoms with Gasteiger partial charge in [0.1, 0.15) is 29.1 Å². The van der Waals surface area contributed by atoms with Gasteiger partial charge in [-0.3, -0.25) is 4.79 Å². The molecule has 0 spiro atoms. The van der Waals surface area contributed by atoms with Crippen molar-refractivity contribution in [3.63, 3.8) is 0 Å². The van der Waals surface area contributed by atoms with E-state index in [0.29, 0.717) is 17.3 Å². The molecule has 8 heteroatoms. The highest BCUT2D eigenvalue weighted by molar-refractivity contribution is 6.08. The van der Waals surface area contributed by atoms with Gasteiger partial charge in [0.2, 0.25) is 0 Å². The van der Waals surface area contributed by atoms with E-state index in [1.807, 2.05) is 54.6 Å². The maximum atomic E-state index is 13.4. The van der Waals surface area contributed by atoms with Crippen LogP contribution in [-0.4, -0.2) is 29.2 Å². The van der Waals surface area contributed by atoms with Crippen molar-refractivity contribution in [3.8, 4) is 11.5 Å². The summed E-state index contributed by atoms with van der Waals surface area (Å²) >= 11 is 0. The molecule has 0 N–H and O–H groups in total. The largest absolute Gasteiger partial charge is 0.467 e. The third-order valence-electron chi connectivity index (χ3n) is 6.83. The van der Waals surface area contributed by atoms with Crippen molar-refractivity contribution >= 4 is 23.7 Å². The van der Waals surface area contributed by atoms with E-state index in [1.165, 1.54) is 5.01 Å². The van der Waals surface area contributed by atoms with E-state index in [4.69, 9.17) is 23.4 Å². The van der Waals surface area contributed by atoms with E-state index in [-0.39, 0.29) is 11.5 Å². The second kappa shape index (κ2) is 10.9. The molecule has 2 unspecified atom stereocenters. The summed E-state index contributed by atoms with van der Waals surface area (Å²) in [5.41, 5.74) is 2.15. The van der Waals surface area contributed by atoms with Gasteiger partial charge in [0.25, 0.3) is 5.91 Å². The van der Waals surface area contributed by atoms with Crippen LogP contribution in [0.4, 0.5) is 0 Å². The molecule has 1 fully saturated rings. The number of benzene rings is 2. The number of rotatable bonds is 7.